The molecule has 0 amide bonds. The topological polar surface area (TPSA) is 119 Å². The minimum Gasteiger partial charge on any atom is -0.379 e. The Hall–Kier alpha value is -3.71. The Kier molecular flexibility index (Phi) is 7.64. The summed E-state index contributed by atoms with van der Waals surface area (Å²) in [6, 6.07) is 15.9. The maximum Gasteiger partial charge on any atom is 0.437 e. The molecule has 0 fully saturated rings. The summed E-state index contributed by atoms with van der Waals surface area (Å²) in [7, 11) is -4.34. The molecular weight excluding hydrogens is 495 g/mol. The Labute approximate surface area is 214 Å². The van der Waals surface area contributed by atoms with Gasteiger partial charge in [0.1, 0.15) is 11.4 Å². The average Bonchev–Trinajstić information content (AvgIpc) is 3.08. The van der Waals surface area contributed by atoms with E-state index in [1.807, 2.05) is 13.8 Å². The highest BCUT2D eigenvalue weighted by atomic mass is 31.2. The first kappa shape index (κ1) is 26.4. The molecule has 194 valence electrons. The number of benzene rings is 2. The van der Waals surface area contributed by atoms with Crippen molar-refractivity contribution in [2.75, 3.05) is 36.0 Å². The molecule has 0 bridgehead atoms. The SMILES string of the molecule is CCC1(CC)CNc2c(c(=O)c2=O)N(CCP(=O)(OC(=O)c2ccccc2)OC(=O)c2ccccc2)C1. The van der Waals surface area contributed by atoms with E-state index < -0.39 is 30.4 Å². The Morgan fingerprint density at radius 1 is 0.892 bits per heavy atom. The van der Waals surface area contributed by atoms with Crippen LogP contribution < -0.4 is 21.1 Å². The summed E-state index contributed by atoms with van der Waals surface area (Å²) >= 11 is 0. The molecule has 0 spiro atoms. The van der Waals surface area contributed by atoms with Gasteiger partial charge >= 0.3 is 19.5 Å². The van der Waals surface area contributed by atoms with Gasteiger partial charge in [0.2, 0.25) is 0 Å². The third kappa shape index (κ3) is 5.52. The first-order valence-corrected chi connectivity index (χ1v) is 13.9. The van der Waals surface area contributed by atoms with Crippen LogP contribution in [-0.4, -0.2) is 37.7 Å². The molecule has 1 aliphatic rings. The van der Waals surface area contributed by atoms with Crippen LogP contribution in [-0.2, 0) is 13.6 Å². The van der Waals surface area contributed by atoms with Gasteiger partial charge in [0, 0.05) is 25.0 Å². The fourth-order valence-corrected chi connectivity index (χ4v) is 5.86. The highest BCUT2D eigenvalue weighted by molar-refractivity contribution is 7.55. The normalized spacial score (nSPS) is 14.8. The fourth-order valence-electron chi connectivity index (χ4n) is 4.44. The maximum absolute atomic E-state index is 13.9. The first-order chi connectivity index (χ1) is 17.7. The predicted octanol–water partition coefficient (Wildman–Crippen LogP) is 4.23. The zero-order valence-electron chi connectivity index (χ0n) is 20.8. The van der Waals surface area contributed by atoms with Crippen LogP contribution in [0, 0.1) is 5.41 Å². The molecule has 1 aliphatic heterocycles. The quantitative estimate of drug-likeness (QED) is 0.324. The second-order valence-corrected chi connectivity index (χ2v) is 11.2. The van der Waals surface area contributed by atoms with Gasteiger partial charge in [-0.05, 0) is 37.1 Å². The van der Waals surface area contributed by atoms with Crippen molar-refractivity contribution < 1.29 is 23.2 Å². The summed E-state index contributed by atoms with van der Waals surface area (Å²) < 4.78 is 24.5. The van der Waals surface area contributed by atoms with Gasteiger partial charge in [-0.2, -0.15) is 0 Å². The average molecular weight is 525 g/mol. The summed E-state index contributed by atoms with van der Waals surface area (Å²) in [5.74, 6) is -1.79. The lowest BCUT2D eigenvalue weighted by molar-refractivity contribution is 0.0630. The van der Waals surface area contributed by atoms with Crippen LogP contribution in [0.5, 0.6) is 0 Å². The third-order valence-corrected chi connectivity index (χ3v) is 8.61. The van der Waals surface area contributed by atoms with Crippen LogP contribution in [0.2, 0.25) is 0 Å². The number of nitrogens with zero attached hydrogens (tertiary/aromatic N) is 1. The number of carbonyl (C=O) groups excluding carboxylic acids is 2. The lowest BCUT2D eigenvalue weighted by atomic mass is 9.82. The van der Waals surface area contributed by atoms with Crippen molar-refractivity contribution in [3.05, 3.63) is 92.2 Å². The lowest BCUT2D eigenvalue weighted by Gasteiger charge is -2.35. The van der Waals surface area contributed by atoms with Gasteiger partial charge < -0.3 is 19.3 Å². The van der Waals surface area contributed by atoms with E-state index >= 15 is 0 Å². The minimum atomic E-state index is -4.34. The van der Waals surface area contributed by atoms with Crippen molar-refractivity contribution in [1.82, 2.24) is 0 Å². The molecule has 0 aromatic heterocycles. The maximum atomic E-state index is 13.9. The number of hydrogen-bond acceptors (Lipinski definition) is 9. The first-order valence-electron chi connectivity index (χ1n) is 12.2. The van der Waals surface area contributed by atoms with Crippen molar-refractivity contribution in [1.29, 1.82) is 0 Å². The molecule has 0 unspecified atom stereocenters. The Balaban J connectivity index is 1.62. The smallest absolute Gasteiger partial charge is 0.379 e. The van der Waals surface area contributed by atoms with E-state index in [9.17, 15) is 23.7 Å². The zero-order chi connectivity index (χ0) is 26.6. The summed E-state index contributed by atoms with van der Waals surface area (Å²) in [5.41, 5.74) is -0.685. The molecule has 0 saturated carbocycles. The Morgan fingerprint density at radius 2 is 1.41 bits per heavy atom. The van der Waals surface area contributed by atoms with E-state index in [2.05, 4.69) is 5.32 Å². The summed E-state index contributed by atoms with van der Waals surface area (Å²) in [6.07, 6.45) is 1.20. The molecular formula is C27H29N2O7P. The third-order valence-electron chi connectivity index (χ3n) is 6.97. The molecule has 3 aromatic rings. The monoisotopic (exact) mass is 524 g/mol. The van der Waals surface area contributed by atoms with Crippen LogP contribution in [0.15, 0.2) is 70.3 Å². The molecule has 0 saturated heterocycles. The van der Waals surface area contributed by atoms with E-state index in [1.165, 1.54) is 24.3 Å². The summed E-state index contributed by atoms with van der Waals surface area (Å²) in [6.45, 7) is 4.97. The van der Waals surface area contributed by atoms with Crippen LogP contribution in [0.1, 0.15) is 47.4 Å². The minimum absolute atomic E-state index is 0.0251. The van der Waals surface area contributed by atoms with Gasteiger partial charge in [-0.1, -0.05) is 50.2 Å². The number of carbonyl (C=O) groups is 2. The van der Waals surface area contributed by atoms with Crippen LogP contribution in [0.4, 0.5) is 11.4 Å². The van der Waals surface area contributed by atoms with Crippen LogP contribution in [0.25, 0.3) is 0 Å². The molecule has 1 N–H and O–H groups in total. The van der Waals surface area contributed by atoms with E-state index in [4.69, 9.17) is 9.05 Å². The van der Waals surface area contributed by atoms with Crippen molar-refractivity contribution >= 4 is 30.9 Å². The van der Waals surface area contributed by atoms with Crippen molar-refractivity contribution in [3.63, 3.8) is 0 Å². The lowest BCUT2D eigenvalue weighted by Crippen LogP contribution is -2.44. The molecule has 3 aromatic carbocycles. The molecule has 9 nitrogen and oxygen atoms in total. The van der Waals surface area contributed by atoms with E-state index in [1.54, 1.807) is 41.3 Å². The molecule has 0 atom stereocenters. The summed E-state index contributed by atoms with van der Waals surface area (Å²) in [5, 5.41) is 3.12. The van der Waals surface area contributed by atoms with E-state index in [-0.39, 0.29) is 40.6 Å². The largest absolute Gasteiger partial charge is 0.437 e. The molecule has 4 rings (SSSR count). The highest BCUT2D eigenvalue weighted by Gasteiger charge is 2.40. The molecule has 0 aliphatic carbocycles. The van der Waals surface area contributed by atoms with Crippen LogP contribution in [0.3, 0.4) is 0 Å². The number of fused-ring (bicyclic) bond motifs is 1. The van der Waals surface area contributed by atoms with Crippen molar-refractivity contribution in [3.8, 4) is 0 Å². The predicted molar refractivity (Wildman–Crippen MR) is 141 cm³/mol. The van der Waals surface area contributed by atoms with Crippen molar-refractivity contribution in [2.24, 2.45) is 5.41 Å². The van der Waals surface area contributed by atoms with Gasteiger partial charge in [0.15, 0.2) is 0 Å². The molecule has 0 radical (unpaired) electrons. The van der Waals surface area contributed by atoms with E-state index in [0.29, 0.717) is 13.1 Å². The Morgan fingerprint density at radius 3 is 1.89 bits per heavy atom. The van der Waals surface area contributed by atoms with Gasteiger partial charge in [0.05, 0.1) is 17.3 Å². The highest BCUT2D eigenvalue weighted by Crippen LogP contribution is 2.50. The van der Waals surface area contributed by atoms with Gasteiger partial charge in [-0.3, -0.25) is 9.59 Å². The second-order valence-electron chi connectivity index (χ2n) is 9.19. The molecule has 1 heterocycles. The zero-order valence-corrected chi connectivity index (χ0v) is 21.7. The Bertz CT molecular complexity index is 1340. The van der Waals surface area contributed by atoms with Gasteiger partial charge in [0.25, 0.3) is 10.9 Å². The van der Waals surface area contributed by atoms with Crippen LogP contribution >= 0.6 is 7.60 Å². The number of rotatable bonds is 9. The van der Waals surface area contributed by atoms with E-state index in [0.717, 1.165) is 12.8 Å². The number of nitrogens with one attached hydrogen (secondary N) is 1. The van der Waals surface area contributed by atoms with Crippen molar-refractivity contribution in [2.45, 2.75) is 26.7 Å². The van der Waals surface area contributed by atoms with Gasteiger partial charge in [-0.15, -0.1) is 0 Å². The second kappa shape index (κ2) is 10.7. The number of anilines is 2. The fraction of sp³-hybridized carbons (Fsp3) is 0.333. The number of hydrogen-bond donors (Lipinski definition) is 1. The molecule has 10 heteroatoms. The molecule has 37 heavy (non-hydrogen) atoms. The van der Waals surface area contributed by atoms with Gasteiger partial charge in [-0.25, -0.2) is 14.2 Å². The standard InChI is InChI=1S/C27H29N2O7P/c1-3-27(4-2)17-28-21-22(24(31)23(21)30)29(18-27)15-16-37(34,35-25(32)19-11-7-5-8-12-19)36-26(33)20-13-9-6-10-14-20/h5-14,28H,3-4,15-18H2,1-2H3. The summed E-state index contributed by atoms with van der Waals surface area (Å²) in [4.78, 5) is 51.9.